The van der Waals surface area contributed by atoms with Crippen LogP contribution in [0.2, 0.25) is 16.6 Å². The van der Waals surface area contributed by atoms with Crippen LogP contribution in [0.1, 0.15) is 80.1 Å². The molecule has 0 aromatic rings. The van der Waals surface area contributed by atoms with E-state index < -0.39 is 8.32 Å². The number of rotatable bonds is 7. The van der Waals surface area contributed by atoms with Crippen molar-refractivity contribution < 1.29 is 4.43 Å². The van der Waals surface area contributed by atoms with Gasteiger partial charge in [-0.25, -0.2) is 0 Å². The number of hydrogen-bond acceptors (Lipinski definition) is 1. The van der Waals surface area contributed by atoms with E-state index in [1.807, 2.05) is 0 Å². The van der Waals surface area contributed by atoms with E-state index in [1.54, 1.807) is 0 Å². The van der Waals surface area contributed by atoms with Crippen LogP contribution in [-0.2, 0) is 4.43 Å². The molecular formula is C17H36OSi. The van der Waals surface area contributed by atoms with Crippen molar-refractivity contribution in [3.05, 3.63) is 0 Å². The molecule has 1 aliphatic carbocycles. The van der Waals surface area contributed by atoms with Gasteiger partial charge in [-0.3, -0.25) is 0 Å². The van der Waals surface area contributed by atoms with Gasteiger partial charge < -0.3 is 4.43 Å². The van der Waals surface area contributed by atoms with Gasteiger partial charge in [-0.1, -0.05) is 73.1 Å². The van der Waals surface area contributed by atoms with E-state index >= 15 is 0 Å². The Morgan fingerprint density at radius 1 is 0.947 bits per heavy atom. The topological polar surface area (TPSA) is 9.23 Å². The highest BCUT2D eigenvalue weighted by molar-refractivity contribution is 6.78. The van der Waals surface area contributed by atoms with Gasteiger partial charge in [0.15, 0.2) is 0 Å². The second kappa shape index (κ2) is 7.83. The average molecular weight is 285 g/mol. The molecule has 0 saturated heterocycles. The fraction of sp³-hybridized carbons (Fsp3) is 1.00. The summed E-state index contributed by atoms with van der Waals surface area (Å²) in [5, 5.41) is 0. The van der Waals surface area contributed by atoms with Gasteiger partial charge in [0, 0.05) is 6.61 Å². The lowest BCUT2D eigenvalue weighted by molar-refractivity contribution is 0.263. The van der Waals surface area contributed by atoms with Crippen LogP contribution in [0.3, 0.4) is 0 Å². The minimum absolute atomic E-state index is 0.806. The molecule has 114 valence electrons. The van der Waals surface area contributed by atoms with Crippen molar-refractivity contribution in [2.75, 3.05) is 6.61 Å². The van der Waals surface area contributed by atoms with Gasteiger partial charge >= 0.3 is 0 Å². The van der Waals surface area contributed by atoms with E-state index in [9.17, 15) is 0 Å². The largest absolute Gasteiger partial charge is 0.416 e. The highest BCUT2D eigenvalue weighted by Crippen LogP contribution is 2.51. The van der Waals surface area contributed by atoms with E-state index in [0.29, 0.717) is 0 Å². The normalized spacial score (nSPS) is 30.6. The molecule has 0 aliphatic heterocycles. The van der Waals surface area contributed by atoms with Gasteiger partial charge in [-0.2, -0.15) is 0 Å². The second-order valence-electron chi connectivity index (χ2n) is 6.86. The Morgan fingerprint density at radius 3 is 1.79 bits per heavy atom. The van der Waals surface area contributed by atoms with Crippen molar-refractivity contribution in [2.45, 2.75) is 96.7 Å². The molecule has 0 heterocycles. The van der Waals surface area contributed by atoms with Crippen LogP contribution in [0.4, 0.5) is 0 Å². The lowest BCUT2D eigenvalue weighted by Gasteiger charge is -2.48. The Balaban J connectivity index is 3.00. The van der Waals surface area contributed by atoms with Crippen LogP contribution in [-0.4, -0.2) is 14.9 Å². The lowest BCUT2D eigenvalue weighted by atomic mass is 9.90. The first-order chi connectivity index (χ1) is 9.02. The van der Waals surface area contributed by atoms with Crippen molar-refractivity contribution in [3.8, 4) is 0 Å². The van der Waals surface area contributed by atoms with Crippen molar-refractivity contribution in [3.63, 3.8) is 0 Å². The maximum absolute atomic E-state index is 6.65. The first-order valence-electron chi connectivity index (χ1n) is 8.66. The molecule has 1 rings (SSSR count). The van der Waals surface area contributed by atoms with Crippen LogP contribution in [0, 0.1) is 5.92 Å². The molecular weight excluding hydrogens is 248 g/mol. The molecule has 1 nitrogen and oxygen atoms in total. The summed E-state index contributed by atoms with van der Waals surface area (Å²) in [6.45, 7) is 15.2. The maximum atomic E-state index is 6.65. The van der Waals surface area contributed by atoms with Crippen molar-refractivity contribution in [1.82, 2.24) is 0 Å². The van der Waals surface area contributed by atoms with Crippen molar-refractivity contribution in [2.24, 2.45) is 5.92 Å². The Labute approximate surface area is 122 Å². The summed E-state index contributed by atoms with van der Waals surface area (Å²) in [7, 11) is -1.63. The molecule has 2 unspecified atom stereocenters. The minimum atomic E-state index is -1.63. The second-order valence-corrected chi connectivity index (χ2v) is 11.6. The summed E-state index contributed by atoms with van der Waals surface area (Å²) in [6.07, 6.45) is 8.31. The molecule has 1 saturated carbocycles. The first kappa shape index (κ1) is 17.2. The smallest absolute Gasteiger partial charge is 0.201 e. The Kier molecular flexibility index (Phi) is 7.10. The Bertz CT molecular complexity index is 236. The van der Waals surface area contributed by atoms with E-state index in [1.165, 1.54) is 38.5 Å². The molecule has 0 radical (unpaired) electrons. The molecule has 0 aromatic heterocycles. The third-order valence-corrected chi connectivity index (χ3v) is 12.4. The molecule has 0 N–H and O–H groups in total. The van der Waals surface area contributed by atoms with Gasteiger partial charge in [-0.15, -0.1) is 0 Å². The van der Waals surface area contributed by atoms with Crippen molar-refractivity contribution >= 4 is 8.32 Å². The summed E-state index contributed by atoms with van der Waals surface area (Å²) in [4.78, 5) is 0. The summed E-state index contributed by atoms with van der Waals surface area (Å²) >= 11 is 0. The van der Waals surface area contributed by atoms with Gasteiger partial charge in [0.1, 0.15) is 0 Å². The van der Waals surface area contributed by atoms with E-state index in [2.05, 4.69) is 41.5 Å². The average Bonchev–Trinajstić information content (AvgIpc) is 2.44. The summed E-state index contributed by atoms with van der Waals surface area (Å²) in [5.41, 5.74) is 2.52. The monoisotopic (exact) mass is 284 g/mol. The number of hydrogen-bond donors (Lipinski definition) is 0. The van der Waals surface area contributed by atoms with Crippen molar-refractivity contribution in [1.29, 1.82) is 0 Å². The van der Waals surface area contributed by atoms with E-state index in [4.69, 9.17) is 4.43 Å². The molecule has 0 spiro atoms. The van der Waals surface area contributed by atoms with Gasteiger partial charge in [0.2, 0.25) is 8.32 Å². The van der Waals surface area contributed by atoms with Crippen LogP contribution in [0.15, 0.2) is 0 Å². The van der Waals surface area contributed by atoms with Crippen LogP contribution >= 0.6 is 0 Å². The third kappa shape index (κ3) is 3.63. The quantitative estimate of drug-likeness (QED) is 0.509. The minimum Gasteiger partial charge on any atom is -0.416 e. The lowest BCUT2D eigenvalue weighted by Crippen LogP contribution is -2.51. The predicted octanol–water partition coefficient (Wildman–Crippen LogP) is 6.15. The van der Waals surface area contributed by atoms with Crippen LogP contribution < -0.4 is 0 Å². The zero-order valence-electron chi connectivity index (χ0n) is 14.2. The zero-order valence-corrected chi connectivity index (χ0v) is 15.2. The van der Waals surface area contributed by atoms with Crippen LogP contribution in [0.5, 0.6) is 0 Å². The van der Waals surface area contributed by atoms with Crippen LogP contribution in [0.25, 0.3) is 0 Å². The van der Waals surface area contributed by atoms with Gasteiger partial charge in [0.05, 0.1) is 0 Å². The molecule has 2 atom stereocenters. The summed E-state index contributed by atoms with van der Waals surface area (Å²) < 4.78 is 6.65. The molecule has 1 aliphatic rings. The SMILES string of the molecule is CCO[Si](C(C)CC)(C(C)CC)C1CCC(C)CC1. The molecule has 1 fully saturated rings. The fourth-order valence-corrected chi connectivity index (χ4v) is 10.7. The van der Waals surface area contributed by atoms with E-state index in [0.717, 1.165) is 29.1 Å². The zero-order chi connectivity index (χ0) is 14.5. The predicted molar refractivity (Wildman–Crippen MR) is 88.2 cm³/mol. The molecule has 0 bridgehead atoms. The third-order valence-electron chi connectivity index (χ3n) is 5.81. The fourth-order valence-electron chi connectivity index (χ4n) is 4.29. The molecule has 0 amide bonds. The highest BCUT2D eigenvalue weighted by Gasteiger charge is 2.50. The maximum Gasteiger partial charge on any atom is 0.201 e. The summed E-state index contributed by atoms with van der Waals surface area (Å²) in [5.74, 6) is 0.943. The molecule has 2 heteroatoms. The van der Waals surface area contributed by atoms with E-state index in [-0.39, 0.29) is 0 Å². The summed E-state index contributed by atoms with van der Waals surface area (Å²) in [6, 6.07) is 0. The van der Waals surface area contributed by atoms with Gasteiger partial charge in [0.25, 0.3) is 0 Å². The first-order valence-corrected chi connectivity index (χ1v) is 10.8. The van der Waals surface area contributed by atoms with Gasteiger partial charge in [-0.05, 0) is 29.5 Å². The highest BCUT2D eigenvalue weighted by atomic mass is 28.4. The Morgan fingerprint density at radius 2 is 1.42 bits per heavy atom. The Hall–Kier alpha value is 0.177. The standard InChI is InChI=1S/C17H36OSi/c1-7-15(5)19(18-9-3,16(6)8-2)17-12-10-14(4)11-13-17/h14-17H,7-13H2,1-6H3. The molecule has 0 aromatic carbocycles. The molecule has 19 heavy (non-hydrogen) atoms.